The number of fused-ring (bicyclic) bond motifs is 5. The van der Waals surface area contributed by atoms with Crippen LogP contribution >= 0.6 is 0 Å². The first-order chi connectivity index (χ1) is 8.69. The lowest BCUT2D eigenvalue weighted by Crippen LogP contribution is -3.04. The lowest BCUT2D eigenvalue weighted by molar-refractivity contribution is -1.05. The molecule has 3 aliphatic carbocycles. The smallest absolute Gasteiger partial charge is 0.0982 e. The molecule has 0 amide bonds. The molecule has 3 rings (SSSR count). The number of hydrogen-bond donors (Lipinski definition) is 3. The van der Waals surface area contributed by atoms with E-state index in [0.717, 1.165) is 36.5 Å². The van der Waals surface area contributed by atoms with E-state index in [0.29, 0.717) is 12.1 Å². The monoisotopic (exact) mass is 257 g/mol. The molecular weight excluding hydrogens is 234 g/mol. The number of hydrogen-bond acceptors (Lipinski definition) is 5. The third-order valence-corrected chi connectivity index (χ3v) is 5.11. The molecule has 0 aromatic carbocycles. The summed E-state index contributed by atoms with van der Waals surface area (Å²) < 4.78 is 0. The predicted octanol–water partition coefficient (Wildman–Crippen LogP) is -0.611. The topological polar surface area (TPSA) is 70.0 Å². The molecule has 0 spiro atoms. The van der Waals surface area contributed by atoms with Gasteiger partial charge in [-0.05, 0) is 49.4 Å². The Bertz CT molecular complexity index is 302. The van der Waals surface area contributed by atoms with Gasteiger partial charge in [-0.25, -0.2) is 5.23 Å². The van der Waals surface area contributed by atoms with Crippen molar-refractivity contribution in [3.8, 4) is 0 Å². The normalized spacial score (nSPS) is 47.5. The van der Waals surface area contributed by atoms with Crippen molar-refractivity contribution in [1.29, 1.82) is 0 Å². The van der Waals surface area contributed by atoms with Crippen LogP contribution in [0.5, 0.6) is 0 Å². The summed E-state index contributed by atoms with van der Waals surface area (Å²) in [5.41, 5.74) is 6.07. The lowest BCUT2D eigenvalue weighted by Gasteiger charge is -2.31. The van der Waals surface area contributed by atoms with Crippen LogP contribution in [0.1, 0.15) is 25.7 Å². The average Bonchev–Trinajstić information content (AvgIpc) is 2.95. The van der Waals surface area contributed by atoms with Gasteiger partial charge >= 0.3 is 0 Å². The van der Waals surface area contributed by atoms with E-state index < -0.39 is 0 Å². The predicted molar refractivity (Wildman–Crippen MR) is 64.6 cm³/mol. The Morgan fingerprint density at radius 1 is 1.06 bits per heavy atom. The van der Waals surface area contributed by atoms with Crippen LogP contribution in [0.15, 0.2) is 0 Å². The van der Waals surface area contributed by atoms with Crippen molar-refractivity contribution < 1.29 is 15.0 Å². The van der Waals surface area contributed by atoms with Gasteiger partial charge in [-0.2, -0.15) is 5.48 Å². The molecule has 6 heteroatoms. The molecule has 104 valence electrons. The molecule has 0 radical (unpaired) electrons. The molecule has 0 aliphatic heterocycles. The molecular formula is C12H23N3O3. The Kier molecular flexibility index (Phi) is 3.57. The van der Waals surface area contributed by atoms with Crippen molar-refractivity contribution in [3.05, 3.63) is 5.21 Å². The molecule has 0 aromatic rings. The maximum absolute atomic E-state index is 10.8. The van der Waals surface area contributed by atoms with Gasteiger partial charge in [0.2, 0.25) is 0 Å². The molecule has 0 saturated heterocycles. The zero-order valence-corrected chi connectivity index (χ0v) is 11.0. The van der Waals surface area contributed by atoms with Gasteiger partial charge in [0.05, 0.1) is 14.2 Å². The van der Waals surface area contributed by atoms with Gasteiger partial charge in [-0.1, -0.05) is 0 Å². The van der Waals surface area contributed by atoms with Crippen LogP contribution in [-0.2, 0) is 9.78 Å². The minimum Gasteiger partial charge on any atom is -0.599 e. The average molecular weight is 257 g/mol. The Morgan fingerprint density at radius 2 is 1.83 bits per heavy atom. The van der Waals surface area contributed by atoms with Crippen molar-refractivity contribution in [2.24, 2.45) is 23.7 Å². The number of hydroxylamine groups is 4. The second kappa shape index (κ2) is 5.03. The van der Waals surface area contributed by atoms with Crippen LogP contribution in [0.4, 0.5) is 0 Å². The van der Waals surface area contributed by atoms with E-state index in [2.05, 4.69) is 11.0 Å². The lowest BCUT2D eigenvalue weighted by atomic mass is 9.79. The molecule has 7 atom stereocenters. The highest BCUT2D eigenvalue weighted by molar-refractivity contribution is 5.07. The maximum Gasteiger partial charge on any atom is 0.0982 e. The van der Waals surface area contributed by atoms with E-state index in [-0.39, 0.29) is 5.23 Å². The molecule has 7 unspecified atom stereocenters. The molecule has 0 heterocycles. The third kappa shape index (κ3) is 2.17. The molecule has 3 saturated carbocycles. The Hall–Kier alpha value is -0.240. The van der Waals surface area contributed by atoms with Crippen LogP contribution < -0.4 is 16.2 Å². The van der Waals surface area contributed by atoms with Gasteiger partial charge in [0.15, 0.2) is 0 Å². The molecule has 3 aliphatic rings. The summed E-state index contributed by atoms with van der Waals surface area (Å²) in [4.78, 5) is 10.0. The zero-order valence-electron chi connectivity index (χ0n) is 11.0. The van der Waals surface area contributed by atoms with Crippen molar-refractivity contribution in [2.45, 2.75) is 37.8 Å². The highest BCUT2D eigenvalue weighted by Gasteiger charge is 2.56. The van der Waals surface area contributed by atoms with Crippen LogP contribution in [0, 0.1) is 28.9 Å². The molecule has 0 aromatic heterocycles. The Morgan fingerprint density at radius 3 is 2.56 bits per heavy atom. The van der Waals surface area contributed by atoms with E-state index in [4.69, 9.17) is 9.78 Å². The standard InChI is InChI=1S/C12H23N3O3/c1-15(16)18-13-8-5-9-7-3-11(10(9)6-8)12(4-7)14-17-2/h7-15H,3-6H2,1-2H3. The Balaban J connectivity index is 1.56. The van der Waals surface area contributed by atoms with Crippen LogP contribution in [0.3, 0.4) is 0 Å². The summed E-state index contributed by atoms with van der Waals surface area (Å²) in [5.74, 6) is 3.16. The van der Waals surface area contributed by atoms with Gasteiger partial charge in [0.1, 0.15) is 0 Å². The second-order valence-electron chi connectivity index (χ2n) is 6.03. The molecule has 18 heavy (non-hydrogen) atoms. The number of nitrogens with one attached hydrogen (secondary N) is 3. The van der Waals surface area contributed by atoms with Crippen LogP contribution in [0.2, 0.25) is 0 Å². The third-order valence-electron chi connectivity index (χ3n) is 5.11. The summed E-state index contributed by atoms with van der Waals surface area (Å²) in [6.07, 6.45) is 4.86. The SMILES string of the molecule is CONC1CC2CC1C1CC(NO[NH+](C)[O-])CC21. The van der Waals surface area contributed by atoms with Crippen LogP contribution in [-0.4, -0.2) is 26.2 Å². The summed E-state index contributed by atoms with van der Waals surface area (Å²) in [7, 11) is 3.13. The quantitative estimate of drug-likeness (QED) is 0.573. The first-order valence-electron chi connectivity index (χ1n) is 6.90. The van der Waals surface area contributed by atoms with Crippen molar-refractivity contribution in [2.75, 3.05) is 14.2 Å². The zero-order chi connectivity index (χ0) is 12.7. The van der Waals surface area contributed by atoms with E-state index in [1.165, 1.54) is 19.9 Å². The Labute approximate surface area is 107 Å². The van der Waals surface area contributed by atoms with Gasteiger partial charge < -0.3 is 10.0 Å². The van der Waals surface area contributed by atoms with Crippen LogP contribution in [0.25, 0.3) is 0 Å². The van der Waals surface area contributed by atoms with Gasteiger partial charge in [-0.15, -0.1) is 10.4 Å². The summed E-state index contributed by atoms with van der Waals surface area (Å²) in [6.45, 7) is 0. The number of quaternary nitrogens is 1. The first kappa shape index (κ1) is 12.8. The molecule has 6 nitrogen and oxygen atoms in total. The number of rotatable bonds is 5. The molecule has 3 N–H and O–H groups in total. The van der Waals surface area contributed by atoms with Gasteiger partial charge in [-0.3, -0.25) is 0 Å². The highest BCUT2D eigenvalue weighted by Crippen LogP contribution is 2.58. The minimum absolute atomic E-state index is 0.256. The molecule has 3 fully saturated rings. The van der Waals surface area contributed by atoms with E-state index in [1.54, 1.807) is 7.11 Å². The fourth-order valence-electron chi connectivity index (χ4n) is 4.62. The van der Waals surface area contributed by atoms with Gasteiger partial charge in [0.25, 0.3) is 0 Å². The fourth-order valence-corrected chi connectivity index (χ4v) is 4.62. The minimum atomic E-state index is -0.256. The van der Waals surface area contributed by atoms with E-state index in [1.807, 2.05) is 0 Å². The second-order valence-corrected chi connectivity index (χ2v) is 6.03. The summed E-state index contributed by atoms with van der Waals surface area (Å²) in [5, 5.41) is 10.6. The summed E-state index contributed by atoms with van der Waals surface area (Å²) in [6, 6.07) is 0.865. The summed E-state index contributed by atoms with van der Waals surface area (Å²) >= 11 is 0. The largest absolute Gasteiger partial charge is 0.599 e. The van der Waals surface area contributed by atoms with Crippen molar-refractivity contribution in [1.82, 2.24) is 11.0 Å². The first-order valence-corrected chi connectivity index (χ1v) is 6.90. The van der Waals surface area contributed by atoms with Crippen molar-refractivity contribution >= 4 is 0 Å². The highest BCUT2D eigenvalue weighted by atomic mass is 17.0. The maximum atomic E-state index is 10.8. The van der Waals surface area contributed by atoms with E-state index >= 15 is 0 Å². The van der Waals surface area contributed by atoms with Gasteiger partial charge in [0, 0.05) is 12.1 Å². The molecule has 2 bridgehead atoms. The fraction of sp³-hybridized carbons (Fsp3) is 1.00. The van der Waals surface area contributed by atoms with E-state index in [9.17, 15) is 5.21 Å². The van der Waals surface area contributed by atoms with Crippen molar-refractivity contribution in [3.63, 3.8) is 0 Å².